The van der Waals surface area contributed by atoms with E-state index in [0.29, 0.717) is 6.04 Å². The Morgan fingerprint density at radius 1 is 0.895 bits per heavy atom. The van der Waals surface area contributed by atoms with Crippen LogP contribution in [0.15, 0.2) is 48.5 Å². The molecule has 1 atom stereocenters. The highest BCUT2D eigenvalue weighted by Gasteiger charge is 2.03. The standard InChI is InChI=1S/C18H23N/c1-14-9-10-18(11-15(14)2)13-19-16(3)12-17-7-5-4-6-8-17/h4-11,16,19H,12-13H2,1-3H3. The van der Waals surface area contributed by atoms with Gasteiger partial charge in [0.25, 0.3) is 0 Å². The molecule has 1 N–H and O–H groups in total. The van der Waals surface area contributed by atoms with E-state index in [1.807, 2.05) is 0 Å². The maximum Gasteiger partial charge on any atom is 0.0208 e. The molecule has 0 aromatic heterocycles. The summed E-state index contributed by atoms with van der Waals surface area (Å²) in [6.07, 6.45) is 1.08. The Morgan fingerprint density at radius 2 is 1.63 bits per heavy atom. The van der Waals surface area contributed by atoms with Crippen molar-refractivity contribution in [3.05, 3.63) is 70.8 Å². The van der Waals surface area contributed by atoms with Gasteiger partial charge in [0.2, 0.25) is 0 Å². The maximum atomic E-state index is 3.59. The molecule has 2 aromatic rings. The summed E-state index contributed by atoms with van der Waals surface area (Å²) in [5.74, 6) is 0. The average molecular weight is 253 g/mol. The Kier molecular flexibility index (Phi) is 4.75. The van der Waals surface area contributed by atoms with Crippen LogP contribution < -0.4 is 5.32 Å². The molecule has 0 amide bonds. The van der Waals surface area contributed by atoms with E-state index >= 15 is 0 Å². The zero-order valence-electron chi connectivity index (χ0n) is 12.1. The minimum atomic E-state index is 0.490. The molecule has 0 radical (unpaired) electrons. The third kappa shape index (κ3) is 4.22. The topological polar surface area (TPSA) is 12.0 Å². The Hall–Kier alpha value is -1.60. The fraction of sp³-hybridized carbons (Fsp3) is 0.333. The van der Waals surface area contributed by atoms with Crippen LogP contribution in [-0.4, -0.2) is 6.04 Å². The minimum Gasteiger partial charge on any atom is -0.310 e. The van der Waals surface area contributed by atoms with Crippen molar-refractivity contribution in [1.29, 1.82) is 0 Å². The predicted molar refractivity (Wildman–Crippen MR) is 82.4 cm³/mol. The van der Waals surface area contributed by atoms with Crippen LogP contribution in [0, 0.1) is 13.8 Å². The average Bonchev–Trinajstić information content (AvgIpc) is 2.41. The molecule has 0 saturated carbocycles. The summed E-state index contributed by atoms with van der Waals surface area (Å²) in [5.41, 5.74) is 5.49. The Labute approximate surface area is 116 Å². The van der Waals surface area contributed by atoms with Gasteiger partial charge in [-0.05, 0) is 49.4 Å². The monoisotopic (exact) mass is 253 g/mol. The quantitative estimate of drug-likeness (QED) is 0.848. The van der Waals surface area contributed by atoms with Gasteiger partial charge in [0.05, 0.1) is 0 Å². The molecule has 0 spiro atoms. The summed E-state index contributed by atoms with van der Waals surface area (Å²) < 4.78 is 0. The van der Waals surface area contributed by atoms with Crippen LogP contribution >= 0.6 is 0 Å². The molecule has 19 heavy (non-hydrogen) atoms. The van der Waals surface area contributed by atoms with Gasteiger partial charge in [-0.1, -0.05) is 48.5 Å². The zero-order valence-corrected chi connectivity index (χ0v) is 12.1. The zero-order chi connectivity index (χ0) is 13.7. The summed E-state index contributed by atoms with van der Waals surface area (Å²) in [6, 6.07) is 17.8. The van der Waals surface area contributed by atoms with Crippen LogP contribution in [0.5, 0.6) is 0 Å². The fourth-order valence-corrected chi connectivity index (χ4v) is 2.25. The molecular formula is C18H23N. The summed E-state index contributed by atoms with van der Waals surface area (Å²) in [7, 11) is 0. The second kappa shape index (κ2) is 6.53. The van der Waals surface area contributed by atoms with Crippen LogP contribution in [0.1, 0.15) is 29.2 Å². The minimum absolute atomic E-state index is 0.490. The molecule has 0 fully saturated rings. The summed E-state index contributed by atoms with van der Waals surface area (Å²) in [4.78, 5) is 0. The van der Waals surface area contributed by atoms with E-state index in [1.165, 1.54) is 22.3 Å². The lowest BCUT2D eigenvalue weighted by atomic mass is 10.0. The van der Waals surface area contributed by atoms with Crippen LogP contribution in [0.4, 0.5) is 0 Å². The highest BCUT2D eigenvalue weighted by atomic mass is 14.9. The Balaban J connectivity index is 1.86. The van der Waals surface area contributed by atoms with E-state index < -0.39 is 0 Å². The smallest absolute Gasteiger partial charge is 0.0208 e. The van der Waals surface area contributed by atoms with Crippen molar-refractivity contribution in [2.24, 2.45) is 0 Å². The van der Waals surface area contributed by atoms with Gasteiger partial charge in [0.1, 0.15) is 0 Å². The predicted octanol–water partition coefficient (Wildman–Crippen LogP) is 4.02. The first-order valence-corrected chi connectivity index (χ1v) is 6.98. The lowest BCUT2D eigenvalue weighted by molar-refractivity contribution is 0.545. The van der Waals surface area contributed by atoms with Gasteiger partial charge in [-0.15, -0.1) is 0 Å². The van der Waals surface area contributed by atoms with E-state index in [0.717, 1.165) is 13.0 Å². The molecule has 0 aliphatic carbocycles. The van der Waals surface area contributed by atoms with Crippen molar-refractivity contribution in [2.45, 2.75) is 39.8 Å². The molecule has 2 aromatic carbocycles. The number of hydrogen-bond donors (Lipinski definition) is 1. The van der Waals surface area contributed by atoms with Crippen LogP contribution in [0.2, 0.25) is 0 Å². The van der Waals surface area contributed by atoms with Crippen LogP contribution in [0.3, 0.4) is 0 Å². The lowest BCUT2D eigenvalue weighted by Crippen LogP contribution is -2.27. The number of aryl methyl sites for hydroxylation is 2. The Bertz CT molecular complexity index is 516. The molecular weight excluding hydrogens is 230 g/mol. The van der Waals surface area contributed by atoms with Gasteiger partial charge in [-0.3, -0.25) is 0 Å². The van der Waals surface area contributed by atoms with Crippen molar-refractivity contribution >= 4 is 0 Å². The van der Waals surface area contributed by atoms with Crippen molar-refractivity contribution in [3.63, 3.8) is 0 Å². The lowest BCUT2D eigenvalue weighted by Gasteiger charge is -2.14. The van der Waals surface area contributed by atoms with Gasteiger partial charge in [0, 0.05) is 12.6 Å². The fourth-order valence-electron chi connectivity index (χ4n) is 2.25. The normalized spacial score (nSPS) is 12.4. The second-order valence-corrected chi connectivity index (χ2v) is 5.39. The van der Waals surface area contributed by atoms with Gasteiger partial charge in [-0.25, -0.2) is 0 Å². The molecule has 0 aliphatic heterocycles. The number of benzene rings is 2. The highest BCUT2D eigenvalue weighted by Crippen LogP contribution is 2.10. The van der Waals surface area contributed by atoms with Crippen molar-refractivity contribution in [2.75, 3.05) is 0 Å². The van der Waals surface area contributed by atoms with E-state index in [4.69, 9.17) is 0 Å². The van der Waals surface area contributed by atoms with Crippen molar-refractivity contribution in [3.8, 4) is 0 Å². The van der Waals surface area contributed by atoms with Crippen molar-refractivity contribution in [1.82, 2.24) is 5.32 Å². The van der Waals surface area contributed by atoms with Gasteiger partial charge >= 0.3 is 0 Å². The molecule has 100 valence electrons. The number of nitrogens with one attached hydrogen (secondary N) is 1. The molecule has 0 heterocycles. The summed E-state index contributed by atoms with van der Waals surface area (Å²) in [6.45, 7) is 7.51. The molecule has 1 nitrogen and oxygen atoms in total. The SMILES string of the molecule is Cc1ccc(CNC(C)Cc2ccccc2)cc1C. The largest absolute Gasteiger partial charge is 0.310 e. The molecule has 1 heteroatoms. The Morgan fingerprint density at radius 3 is 2.32 bits per heavy atom. The first-order valence-electron chi connectivity index (χ1n) is 6.98. The molecule has 1 unspecified atom stereocenters. The van der Waals surface area contributed by atoms with Gasteiger partial charge in [0.15, 0.2) is 0 Å². The van der Waals surface area contributed by atoms with Gasteiger partial charge in [-0.2, -0.15) is 0 Å². The van der Waals surface area contributed by atoms with E-state index in [-0.39, 0.29) is 0 Å². The number of hydrogen-bond acceptors (Lipinski definition) is 1. The highest BCUT2D eigenvalue weighted by molar-refractivity contribution is 5.29. The molecule has 0 saturated heterocycles. The van der Waals surface area contributed by atoms with E-state index in [2.05, 4.69) is 74.6 Å². The van der Waals surface area contributed by atoms with Gasteiger partial charge < -0.3 is 5.32 Å². The molecule has 0 bridgehead atoms. The maximum absolute atomic E-state index is 3.59. The summed E-state index contributed by atoms with van der Waals surface area (Å²) >= 11 is 0. The van der Waals surface area contributed by atoms with Crippen LogP contribution in [-0.2, 0) is 13.0 Å². The number of rotatable bonds is 5. The van der Waals surface area contributed by atoms with Crippen molar-refractivity contribution < 1.29 is 0 Å². The first kappa shape index (κ1) is 13.8. The first-order chi connectivity index (χ1) is 9.15. The van der Waals surface area contributed by atoms with E-state index in [1.54, 1.807) is 0 Å². The van der Waals surface area contributed by atoms with Crippen LogP contribution in [0.25, 0.3) is 0 Å². The summed E-state index contributed by atoms with van der Waals surface area (Å²) in [5, 5.41) is 3.59. The third-order valence-corrected chi connectivity index (χ3v) is 3.61. The molecule has 2 rings (SSSR count). The van der Waals surface area contributed by atoms with E-state index in [9.17, 15) is 0 Å². The molecule has 0 aliphatic rings. The third-order valence-electron chi connectivity index (χ3n) is 3.61. The second-order valence-electron chi connectivity index (χ2n) is 5.39.